The molecule has 1 aliphatic heterocycles. The third-order valence-corrected chi connectivity index (χ3v) is 5.65. The molecule has 3 aromatic rings. The van der Waals surface area contributed by atoms with Gasteiger partial charge in [0.05, 0.1) is 7.11 Å². The van der Waals surface area contributed by atoms with Gasteiger partial charge in [0, 0.05) is 53.7 Å². The van der Waals surface area contributed by atoms with Gasteiger partial charge in [0.2, 0.25) is 0 Å². The minimum Gasteiger partial charge on any atom is -0.497 e. The number of halogens is 1. The number of nitrogens with zero attached hydrogens (tertiary/aromatic N) is 3. The summed E-state index contributed by atoms with van der Waals surface area (Å²) in [7, 11) is 1.53. The number of hydrogen-bond donors (Lipinski definition) is 1. The van der Waals surface area contributed by atoms with E-state index in [1.807, 2.05) is 19.9 Å². The summed E-state index contributed by atoms with van der Waals surface area (Å²) in [4.78, 5) is 19.4. The highest BCUT2D eigenvalue weighted by Crippen LogP contribution is 2.28. The molecule has 4 rings (SSSR count). The number of fused-ring (bicyclic) bond motifs is 1. The number of H-pyrrole nitrogens is 1. The van der Waals surface area contributed by atoms with Crippen molar-refractivity contribution in [3.8, 4) is 5.75 Å². The highest BCUT2D eigenvalue weighted by atomic mass is 19.1. The summed E-state index contributed by atoms with van der Waals surface area (Å²) in [5.74, 6) is 0.554. The number of benzene rings is 1. The van der Waals surface area contributed by atoms with E-state index in [0.29, 0.717) is 29.9 Å². The Balaban J connectivity index is 1.53. The topological polar surface area (TPSA) is 62.6 Å². The van der Waals surface area contributed by atoms with Gasteiger partial charge in [-0.25, -0.2) is 13.9 Å². The third kappa shape index (κ3) is 3.30. The lowest BCUT2D eigenvalue weighted by molar-refractivity contribution is 0.320. The number of hydrogen-bond acceptors (Lipinski definition) is 4. The van der Waals surface area contributed by atoms with Gasteiger partial charge in [-0.05, 0) is 32.4 Å². The Hall–Kier alpha value is -2.67. The van der Waals surface area contributed by atoms with Gasteiger partial charge in [0.15, 0.2) is 5.65 Å². The number of aromatic amines is 1. The van der Waals surface area contributed by atoms with Crippen LogP contribution < -0.4 is 10.3 Å². The first kappa shape index (κ1) is 18.7. The summed E-state index contributed by atoms with van der Waals surface area (Å²) < 4.78 is 20.9. The molecule has 0 aliphatic carbocycles. The molecular formula is C21H25FN4O2. The molecule has 3 heterocycles. The average molecular weight is 384 g/mol. The summed E-state index contributed by atoms with van der Waals surface area (Å²) >= 11 is 0. The SMILES string of the molecule is CCc1c(C)nc2cc([C@H]3CCN(Cc4ccc(OC)cc4F)C3)[nH]n2c1=O. The lowest BCUT2D eigenvalue weighted by Gasteiger charge is -2.16. The quantitative estimate of drug-likeness (QED) is 0.735. The zero-order valence-corrected chi connectivity index (χ0v) is 16.5. The van der Waals surface area contributed by atoms with Crippen molar-refractivity contribution in [1.82, 2.24) is 19.5 Å². The van der Waals surface area contributed by atoms with Gasteiger partial charge in [0.1, 0.15) is 11.6 Å². The Morgan fingerprint density at radius 1 is 1.36 bits per heavy atom. The van der Waals surface area contributed by atoms with Gasteiger partial charge < -0.3 is 4.74 Å². The van der Waals surface area contributed by atoms with Crippen molar-refractivity contribution in [3.05, 3.63) is 63.0 Å². The molecule has 1 aliphatic rings. The lowest BCUT2D eigenvalue weighted by Crippen LogP contribution is -2.22. The smallest absolute Gasteiger partial charge is 0.276 e. The molecule has 0 spiro atoms. The van der Waals surface area contributed by atoms with E-state index in [0.717, 1.165) is 36.5 Å². The average Bonchev–Trinajstić information content (AvgIpc) is 3.30. The lowest BCUT2D eigenvalue weighted by atomic mass is 10.1. The Morgan fingerprint density at radius 2 is 2.18 bits per heavy atom. The van der Waals surface area contributed by atoms with Gasteiger partial charge in [0.25, 0.3) is 5.56 Å². The highest BCUT2D eigenvalue weighted by molar-refractivity contribution is 5.42. The van der Waals surface area contributed by atoms with Crippen molar-refractivity contribution in [1.29, 1.82) is 0 Å². The summed E-state index contributed by atoms with van der Waals surface area (Å²) in [5.41, 5.74) is 3.85. The Kier molecular flexibility index (Phi) is 4.93. The first-order chi connectivity index (χ1) is 13.5. The number of aromatic nitrogens is 3. The molecule has 1 N–H and O–H groups in total. The first-order valence-corrected chi connectivity index (χ1v) is 9.66. The van der Waals surface area contributed by atoms with Crippen molar-refractivity contribution in [2.75, 3.05) is 20.2 Å². The number of nitrogens with one attached hydrogen (secondary N) is 1. The second-order valence-corrected chi connectivity index (χ2v) is 7.42. The minimum absolute atomic E-state index is 0.0218. The Morgan fingerprint density at radius 3 is 2.89 bits per heavy atom. The second-order valence-electron chi connectivity index (χ2n) is 7.42. The fraction of sp³-hybridized carbons (Fsp3) is 0.429. The van der Waals surface area contributed by atoms with Crippen LogP contribution in [0, 0.1) is 12.7 Å². The predicted octanol–water partition coefficient (Wildman–Crippen LogP) is 3.03. The molecule has 1 fully saturated rings. The first-order valence-electron chi connectivity index (χ1n) is 9.66. The number of aryl methyl sites for hydroxylation is 1. The van der Waals surface area contributed by atoms with E-state index in [-0.39, 0.29) is 17.3 Å². The fourth-order valence-electron chi connectivity index (χ4n) is 4.06. The molecule has 7 heteroatoms. The van der Waals surface area contributed by atoms with E-state index in [9.17, 15) is 9.18 Å². The van der Waals surface area contributed by atoms with Crippen molar-refractivity contribution in [2.24, 2.45) is 0 Å². The van der Waals surface area contributed by atoms with Crippen LogP contribution in [0.5, 0.6) is 5.75 Å². The van der Waals surface area contributed by atoms with E-state index in [4.69, 9.17) is 4.74 Å². The zero-order valence-electron chi connectivity index (χ0n) is 16.5. The summed E-state index contributed by atoms with van der Waals surface area (Å²) in [6.07, 6.45) is 1.62. The van der Waals surface area contributed by atoms with Gasteiger partial charge >= 0.3 is 0 Å². The van der Waals surface area contributed by atoms with E-state index in [2.05, 4.69) is 15.0 Å². The van der Waals surface area contributed by atoms with Gasteiger partial charge in [-0.2, -0.15) is 0 Å². The molecule has 0 saturated carbocycles. The Labute approximate surface area is 162 Å². The van der Waals surface area contributed by atoms with Crippen molar-refractivity contribution < 1.29 is 9.13 Å². The van der Waals surface area contributed by atoms with Crippen LogP contribution in [0.4, 0.5) is 4.39 Å². The van der Waals surface area contributed by atoms with Crippen LogP contribution in [0.15, 0.2) is 29.1 Å². The van der Waals surface area contributed by atoms with Crippen LogP contribution in [0.3, 0.4) is 0 Å². The number of ether oxygens (including phenoxy) is 1. The van der Waals surface area contributed by atoms with Crippen LogP contribution in [0.2, 0.25) is 0 Å². The molecule has 0 bridgehead atoms. The van der Waals surface area contributed by atoms with Gasteiger partial charge in [-0.15, -0.1) is 0 Å². The fourth-order valence-corrected chi connectivity index (χ4v) is 4.06. The van der Waals surface area contributed by atoms with Gasteiger partial charge in [-0.1, -0.05) is 13.0 Å². The molecule has 2 aromatic heterocycles. The molecule has 1 atom stereocenters. The largest absolute Gasteiger partial charge is 0.497 e. The Bertz CT molecular complexity index is 1070. The van der Waals surface area contributed by atoms with E-state index in [1.54, 1.807) is 16.6 Å². The maximum absolute atomic E-state index is 14.2. The van der Waals surface area contributed by atoms with E-state index >= 15 is 0 Å². The predicted molar refractivity (Wildman–Crippen MR) is 106 cm³/mol. The van der Waals surface area contributed by atoms with Crippen LogP contribution in [-0.2, 0) is 13.0 Å². The zero-order chi connectivity index (χ0) is 19.8. The highest BCUT2D eigenvalue weighted by Gasteiger charge is 2.26. The normalized spacial score (nSPS) is 17.5. The third-order valence-electron chi connectivity index (χ3n) is 5.65. The van der Waals surface area contributed by atoms with E-state index < -0.39 is 0 Å². The van der Waals surface area contributed by atoms with Crippen molar-refractivity contribution in [2.45, 2.75) is 39.2 Å². The van der Waals surface area contributed by atoms with Crippen molar-refractivity contribution in [3.63, 3.8) is 0 Å². The number of methoxy groups -OCH3 is 1. The molecule has 0 amide bonds. The minimum atomic E-state index is -0.244. The van der Waals surface area contributed by atoms with Crippen LogP contribution in [-0.4, -0.2) is 39.7 Å². The molecular weight excluding hydrogens is 359 g/mol. The summed E-state index contributed by atoms with van der Waals surface area (Å²) in [5, 5.41) is 3.24. The maximum atomic E-state index is 14.2. The molecule has 148 valence electrons. The van der Waals surface area contributed by atoms with E-state index in [1.165, 1.54) is 13.2 Å². The standard InChI is InChI=1S/C21H25FN4O2/c1-4-17-13(2)23-20-10-19(24-26(20)21(17)27)15-7-8-25(12-15)11-14-5-6-16(28-3)9-18(14)22/h5-6,9-10,15,24H,4,7-8,11-12H2,1-3H3/t15-/m0/s1. The number of rotatable bonds is 5. The molecule has 28 heavy (non-hydrogen) atoms. The van der Waals surface area contributed by atoms with Crippen LogP contribution in [0.1, 0.15) is 41.8 Å². The summed E-state index contributed by atoms with van der Waals surface area (Å²) in [6, 6.07) is 6.96. The number of likely N-dealkylation sites (tertiary alicyclic amines) is 1. The molecule has 0 unspecified atom stereocenters. The van der Waals surface area contributed by atoms with Crippen LogP contribution in [0.25, 0.3) is 5.65 Å². The van der Waals surface area contributed by atoms with Crippen molar-refractivity contribution >= 4 is 5.65 Å². The second kappa shape index (κ2) is 7.39. The molecule has 6 nitrogen and oxygen atoms in total. The summed E-state index contributed by atoms with van der Waals surface area (Å²) in [6.45, 7) is 6.10. The maximum Gasteiger partial charge on any atom is 0.276 e. The van der Waals surface area contributed by atoms with Gasteiger partial charge in [-0.3, -0.25) is 14.8 Å². The van der Waals surface area contributed by atoms with Crippen LogP contribution >= 0.6 is 0 Å². The molecule has 1 aromatic carbocycles. The monoisotopic (exact) mass is 384 g/mol. The molecule has 1 saturated heterocycles. The molecule has 0 radical (unpaired) electrons.